The molecule has 12 nitrogen and oxygen atoms in total. The van der Waals surface area contributed by atoms with Gasteiger partial charge in [0.15, 0.2) is 0 Å². The van der Waals surface area contributed by atoms with Gasteiger partial charge in [-0.2, -0.15) is 0 Å². The fourth-order valence-electron chi connectivity index (χ4n) is 10.7. The molecule has 4 aliphatic heterocycles. The first-order chi connectivity index (χ1) is 29.5. The van der Waals surface area contributed by atoms with E-state index in [-0.39, 0.29) is 77.2 Å². The summed E-state index contributed by atoms with van der Waals surface area (Å²) in [6, 6.07) is 8.91. The minimum atomic E-state index is -0.344. The van der Waals surface area contributed by atoms with Crippen LogP contribution in [0.4, 0.5) is 0 Å². The van der Waals surface area contributed by atoms with Crippen molar-refractivity contribution in [2.45, 2.75) is 129 Å². The van der Waals surface area contributed by atoms with E-state index in [1.165, 1.54) is 0 Å². The van der Waals surface area contributed by atoms with Crippen molar-refractivity contribution < 1.29 is 53.2 Å². The van der Waals surface area contributed by atoms with Crippen LogP contribution in [-0.4, -0.2) is 42.5 Å². The van der Waals surface area contributed by atoms with E-state index in [0.29, 0.717) is 62.7 Å². The third-order valence-electron chi connectivity index (χ3n) is 13.2. The highest BCUT2D eigenvalue weighted by Gasteiger charge is 2.41. The maximum Gasteiger partial charge on any atom is 0.230 e. The van der Waals surface area contributed by atoms with Gasteiger partial charge in [-0.1, -0.05) is 53.4 Å². The molecule has 0 fully saturated rings. The number of ether oxygens (including phenoxy) is 8. The van der Waals surface area contributed by atoms with Crippen molar-refractivity contribution in [3.63, 3.8) is 0 Å². The Kier molecular flexibility index (Phi) is 11.4. The zero-order chi connectivity index (χ0) is 41.7. The van der Waals surface area contributed by atoms with Gasteiger partial charge in [0, 0.05) is 74.7 Å². The molecule has 60 heavy (non-hydrogen) atoms. The molecule has 0 saturated carbocycles. The summed E-state index contributed by atoms with van der Waals surface area (Å²) >= 11 is 0. The summed E-state index contributed by atoms with van der Waals surface area (Å²) in [5.41, 5.74) is 16.5. The average molecular weight is 824 g/mol. The molecule has 9 rings (SSSR count). The van der Waals surface area contributed by atoms with Gasteiger partial charge in [0.05, 0.1) is 42.1 Å². The van der Waals surface area contributed by atoms with Crippen molar-refractivity contribution >= 4 is 0 Å². The number of rotatable bonds is 12. The molecule has 5 aliphatic rings. The maximum atomic E-state index is 11.3. The summed E-state index contributed by atoms with van der Waals surface area (Å²) in [4.78, 5) is 0. The summed E-state index contributed by atoms with van der Waals surface area (Å²) in [5.74, 6) is 3.42. The van der Waals surface area contributed by atoms with E-state index in [9.17, 15) is 15.3 Å². The molecule has 4 atom stereocenters. The van der Waals surface area contributed by atoms with Gasteiger partial charge >= 0.3 is 0 Å². The number of benzene rings is 4. The van der Waals surface area contributed by atoms with E-state index in [1.54, 1.807) is 0 Å². The van der Waals surface area contributed by atoms with Crippen LogP contribution in [0.3, 0.4) is 0 Å². The van der Waals surface area contributed by atoms with Crippen molar-refractivity contribution in [2.75, 3.05) is 27.2 Å². The molecule has 4 aromatic rings. The second kappa shape index (κ2) is 16.9. The predicted molar refractivity (Wildman–Crippen MR) is 223 cm³/mol. The molecular formula is C48H57NO11. The van der Waals surface area contributed by atoms with Crippen LogP contribution >= 0.6 is 0 Å². The normalized spacial score (nSPS) is 20.3. The highest BCUT2D eigenvalue weighted by atomic mass is 16.7. The Hall–Kier alpha value is -4.88. The van der Waals surface area contributed by atoms with E-state index in [2.05, 4.69) is 52.0 Å². The molecule has 0 aromatic heterocycles. The van der Waals surface area contributed by atoms with E-state index < -0.39 is 0 Å². The molecule has 4 aromatic carbocycles. The Morgan fingerprint density at radius 3 is 0.750 bits per heavy atom. The van der Waals surface area contributed by atoms with Crippen molar-refractivity contribution in [3.8, 4) is 46.0 Å². The van der Waals surface area contributed by atoms with Gasteiger partial charge in [-0.05, 0) is 49.9 Å². The molecule has 320 valence electrons. The zero-order valence-electron chi connectivity index (χ0n) is 35.1. The molecule has 0 radical (unpaired) electrons. The van der Waals surface area contributed by atoms with Crippen LogP contribution in [0.1, 0.15) is 169 Å². The van der Waals surface area contributed by atoms with Gasteiger partial charge < -0.3 is 58.9 Å². The van der Waals surface area contributed by atoms with E-state index in [0.717, 1.165) is 101 Å². The summed E-state index contributed by atoms with van der Waals surface area (Å²) in [5, 5.41) is 33.9. The van der Waals surface area contributed by atoms with Crippen molar-refractivity contribution in [1.82, 2.24) is 0 Å². The quantitative estimate of drug-likeness (QED) is 0.108. The molecule has 0 saturated heterocycles. The Balaban J connectivity index is 1.50. The second-order valence-corrected chi connectivity index (χ2v) is 16.4. The molecule has 4 unspecified atom stereocenters. The Morgan fingerprint density at radius 2 is 0.583 bits per heavy atom. The Morgan fingerprint density at radius 1 is 0.383 bits per heavy atom. The fourth-order valence-corrected chi connectivity index (χ4v) is 10.7. The molecule has 12 heteroatoms. The monoisotopic (exact) mass is 823 g/mol. The molecule has 4 heterocycles. The zero-order valence-corrected chi connectivity index (χ0v) is 35.1. The SMILES string of the molecule is CCCC1c2cc3c4c(CN)c2OCOc2c1cc1c(c2CO)OCOc2c(cc5c(c2CO)OCOc2c(cc(c(c2CO)OCO4)C3CCC)C5CCC)C1CCC. The lowest BCUT2D eigenvalue weighted by Gasteiger charge is -2.37. The molecule has 0 spiro atoms. The number of aliphatic hydroxyl groups is 3. The van der Waals surface area contributed by atoms with Gasteiger partial charge in [0.1, 0.15) is 46.0 Å². The highest BCUT2D eigenvalue weighted by Crippen LogP contribution is 2.58. The number of hydrogen-bond acceptors (Lipinski definition) is 12. The van der Waals surface area contributed by atoms with Crippen molar-refractivity contribution in [2.24, 2.45) is 5.73 Å². The molecular weight excluding hydrogens is 767 g/mol. The Labute approximate surface area is 351 Å². The highest BCUT2D eigenvalue weighted by molar-refractivity contribution is 5.69. The summed E-state index contributed by atoms with van der Waals surface area (Å²) < 4.78 is 52.5. The fraction of sp³-hybridized carbons (Fsp3) is 0.500. The lowest BCUT2D eigenvalue weighted by atomic mass is 9.74. The summed E-state index contributed by atoms with van der Waals surface area (Å²) in [7, 11) is 0. The first kappa shape index (κ1) is 40.5. The smallest absolute Gasteiger partial charge is 0.230 e. The van der Waals surface area contributed by atoms with E-state index in [1.807, 2.05) is 0 Å². The van der Waals surface area contributed by atoms with E-state index in [4.69, 9.17) is 43.6 Å². The predicted octanol–water partition coefficient (Wildman–Crippen LogP) is 8.58. The van der Waals surface area contributed by atoms with Gasteiger partial charge in [0.2, 0.25) is 27.2 Å². The lowest BCUT2D eigenvalue weighted by molar-refractivity contribution is 0.0897. The van der Waals surface area contributed by atoms with Crippen LogP contribution < -0.4 is 43.6 Å². The Bertz CT molecular complexity index is 1850. The van der Waals surface area contributed by atoms with Gasteiger partial charge in [-0.15, -0.1) is 0 Å². The number of nitrogens with two attached hydrogens (primary N) is 1. The summed E-state index contributed by atoms with van der Waals surface area (Å²) in [6.07, 6.45) is 6.28. The first-order valence-corrected chi connectivity index (χ1v) is 21.8. The van der Waals surface area contributed by atoms with Crippen LogP contribution in [-0.2, 0) is 26.4 Å². The largest absolute Gasteiger partial charge is 0.457 e. The van der Waals surface area contributed by atoms with Crippen LogP contribution in [0.25, 0.3) is 0 Å². The minimum absolute atomic E-state index is 0.136. The van der Waals surface area contributed by atoms with Gasteiger partial charge in [-0.3, -0.25) is 0 Å². The van der Waals surface area contributed by atoms with Crippen molar-refractivity contribution in [3.05, 3.63) is 91.0 Å². The van der Waals surface area contributed by atoms with Crippen LogP contribution in [0.5, 0.6) is 46.0 Å². The topological polar surface area (TPSA) is 161 Å². The van der Waals surface area contributed by atoms with E-state index >= 15 is 0 Å². The standard InChI is InChI=1S/C48H57NO11/c1-5-9-25-29-13-30-26(10-6-2)32-15-34-28(12-8-4)36-16-35-27(11-7-3)33-14-31(25)43-38(18-50)45(33)57-23-59-47(35)40(20-52)48(36)60-24-58-46(34)39(19-51)44(32)56-22-54-42(30)37(17-49)41(29)53-21-55-43/h13-16,25-28,50-52H,5-12,17-24,49H2,1-4H3. The minimum Gasteiger partial charge on any atom is -0.457 e. The molecule has 1 aliphatic carbocycles. The summed E-state index contributed by atoms with van der Waals surface area (Å²) in [6.45, 7) is 7.16. The molecule has 8 bridgehead atoms. The van der Waals surface area contributed by atoms with Crippen LogP contribution in [0, 0.1) is 0 Å². The third kappa shape index (κ3) is 6.32. The van der Waals surface area contributed by atoms with Gasteiger partial charge in [-0.25, -0.2) is 0 Å². The first-order valence-electron chi connectivity index (χ1n) is 21.8. The van der Waals surface area contributed by atoms with Crippen LogP contribution in [0.15, 0.2) is 24.3 Å². The maximum absolute atomic E-state index is 11.3. The number of hydrogen-bond donors (Lipinski definition) is 4. The molecule has 0 amide bonds. The number of aliphatic hydroxyl groups excluding tert-OH is 3. The third-order valence-corrected chi connectivity index (χ3v) is 13.2. The molecule has 5 N–H and O–H groups in total. The van der Waals surface area contributed by atoms with Crippen LogP contribution in [0.2, 0.25) is 0 Å². The second-order valence-electron chi connectivity index (χ2n) is 16.4. The average Bonchev–Trinajstić information content (AvgIpc) is 3.24. The van der Waals surface area contributed by atoms with Crippen molar-refractivity contribution in [1.29, 1.82) is 0 Å². The van der Waals surface area contributed by atoms with Gasteiger partial charge in [0.25, 0.3) is 0 Å². The lowest BCUT2D eigenvalue weighted by Crippen LogP contribution is -2.25.